The minimum atomic E-state index is -0.770. The summed E-state index contributed by atoms with van der Waals surface area (Å²) in [5.41, 5.74) is 1.60. The molecule has 0 aliphatic carbocycles. The van der Waals surface area contributed by atoms with Crippen molar-refractivity contribution in [2.45, 2.75) is 32.6 Å². The Hall–Kier alpha value is -1.36. The summed E-state index contributed by atoms with van der Waals surface area (Å²) < 4.78 is 0.879. The summed E-state index contributed by atoms with van der Waals surface area (Å²) in [7, 11) is 0. The van der Waals surface area contributed by atoms with Gasteiger partial charge in [-0.3, -0.25) is 9.59 Å². The van der Waals surface area contributed by atoms with E-state index in [1.54, 1.807) is 6.07 Å². The molecule has 0 spiro atoms. The highest BCUT2D eigenvalue weighted by atomic mass is 79.9. The maximum Gasteiger partial charge on any atom is 0.303 e. The number of aliphatic carboxylic acids is 1. The van der Waals surface area contributed by atoms with Crippen LogP contribution in [0, 0.1) is 6.92 Å². The number of aryl methyl sites for hydroxylation is 1. The number of carbonyl (C=O) groups excluding carboxylic acids is 1. The van der Waals surface area contributed by atoms with Gasteiger partial charge < -0.3 is 10.4 Å². The van der Waals surface area contributed by atoms with Crippen LogP contribution in [-0.4, -0.2) is 23.5 Å². The van der Waals surface area contributed by atoms with Crippen molar-refractivity contribution in [2.75, 3.05) is 6.54 Å². The molecule has 0 bridgehead atoms. The number of carboxylic acids is 1. The zero-order valence-corrected chi connectivity index (χ0v) is 12.5. The Labute approximate surface area is 121 Å². The van der Waals surface area contributed by atoms with Gasteiger partial charge in [-0.25, -0.2) is 0 Å². The molecule has 104 valence electrons. The molecule has 0 fully saturated rings. The van der Waals surface area contributed by atoms with Gasteiger partial charge >= 0.3 is 5.97 Å². The number of halogens is 1. The van der Waals surface area contributed by atoms with Crippen LogP contribution in [0.3, 0.4) is 0 Å². The van der Waals surface area contributed by atoms with E-state index < -0.39 is 5.97 Å². The Kier molecular flexibility index (Phi) is 6.56. The first-order valence-corrected chi connectivity index (χ1v) is 7.06. The van der Waals surface area contributed by atoms with Crippen molar-refractivity contribution in [2.24, 2.45) is 0 Å². The summed E-state index contributed by atoms with van der Waals surface area (Å²) in [5.74, 6) is -0.856. The van der Waals surface area contributed by atoms with Crippen LogP contribution in [0.1, 0.15) is 41.6 Å². The highest BCUT2D eigenvalue weighted by Gasteiger charge is 2.08. The van der Waals surface area contributed by atoms with Crippen LogP contribution in [0.15, 0.2) is 22.7 Å². The fraction of sp³-hybridized carbons (Fsp3) is 0.429. The van der Waals surface area contributed by atoms with Crippen molar-refractivity contribution >= 4 is 27.8 Å². The van der Waals surface area contributed by atoms with Crippen molar-refractivity contribution in [3.8, 4) is 0 Å². The number of hydrogen-bond donors (Lipinski definition) is 2. The van der Waals surface area contributed by atoms with Crippen LogP contribution in [0.25, 0.3) is 0 Å². The lowest BCUT2D eigenvalue weighted by Gasteiger charge is -2.08. The molecule has 0 atom stereocenters. The van der Waals surface area contributed by atoms with E-state index in [1.807, 2.05) is 19.1 Å². The first-order valence-electron chi connectivity index (χ1n) is 6.27. The number of hydrogen-bond acceptors (Lipinski definition) is 2. The second-order valence-electron chi connectivity index (χ2n) is 4.42. The quantitative estimate of drug-likeness (QED) is 0.756. The molecule has 2 N–H and O–H groups in total. The average molecular weight is 328 g/mol. The van der Waals surface area contributed by atoms with E-state index in [2.05, 4.69) is 21.2 Å². The molecule has 0 unspecified atom stereocenters. The highest BCUT2D eigenvalue weighted by Crippen LogP contribution is 2.15. The van der Waals surface area contributed by atoms with Crippen molar-refractivity contribution in [3.63, 3.8) is 0 Å². The third kappa shape index (κ3) is 5.87. The Morgan fingerprint density at radius 2 is 2.00 bits per heavy atom. The van der Waals surface area contributed by atoms with Gasteiger partial charge in [-0.15, -0.1) is 0 Å². The van der Waals surface area contributed by atoms with Gasteiger partial charge in [0.2, 0.25) is 0 Å². The van der Waals surface area contributed by atoms with E-state index in [9.17, 15) is 9.59 Å². The molecule has 1 aromatic carbocycles. The summed E-state index contributed by atoms with van der Waals surface area (Å²) in [5, 5.41) is 11.3. The predicted octanol–water partition coefficient (Wildman–Crippen LogP) is 3.13. The normalized spacial score (nSPS) is 10.2. The molecule has 5 heteroatoms. The molecule has 1 aromatic rings. The molecule has 0 radical (unpaired) electrons. The third-order valence-electron chi connectivity index (χ3n) is 2.80. The minimum Gasteiger partial charge on any atom is -0.481 e. The van der Waals surface area contributed by atoms with Crippen molar-refractivity contribution in [1.82, 2.24) is 5.32 Å². The monoisotopic (exact) mass is 327 g/mol. The minimum absolute atomic E-state index is 0.0861. The van der Waals surface area contributed by atoms with Gasteiger partial charge in [-0.1, -0.05) is 28.4 Å². The first kappa shape index (κ1) is 15.7. The molecule has 1 amide bonds. The number of nitrogens with one attached hydrogen (secondary N) is 1. The number of amides is 1. The Bertz CT molecular complexity index is 460. The molecular weight excluding hydrogens is 310 g/mol. The Morgan fingerprint density at radius 3 is 2.68 bits per heavy atom. The first-order chi connectivity index (χ1) is 9.00. The Morgan fingerprint density at radius 1 is 1.26 bits per heavy atom. The van der Waals surface area contributed by atoms with Crippen molar-refractivity contribution in [3.05, 3.63) is 33.8 Å². The zero-order valence-electron chi connectivity index (χ0n) is 10.9. The SMILES string of the molecule is Cc1ccc(Br)cc1C(=O)NCCCCCC(=O)O. The van der Waals surface area contributed by atoms with Gasteiger partial charge in [0.05, 0.1) is 0 Å². The Balaban J connectivity index is 2.31. The molecule has 1 rings (SSSR count). The lowest BCUT2D eigenvalue weighted by atomic mass is 10.1. The lowest BCUT2D eigenvalue weighted by Crippen LogP contribution is -2.25. The lowest BCUT2D eigenvalue weighted by molar-refractivity contribution is -0.137. The molecule has 4 nitrogen and oxygen atoms in total. The molecule has 0 saturated carbocycles. The smallest absolute Gasteiger partial charge is 0.303 e. The average Bonchev–Trinajstić information content (AvgIpc) is 2.36. The standard InChI is InChI=1S/C14H18BrNO3/c1-10-6-7-11(15)9-12(10)14(19)16-8-4-2-3-5-13(17)18/h6-7,9H,2-5,8H2,1H3,(H,16,19)(H,17,18). The molecule has 0 saturated heterocycles. The van der Waals surface area contributed by atoms with Crippen molar-refractivity contribution < 1.29 is 14.7 Å². The predicted molar refractivity (Wildman–Crippen MR) is 77.3 cm³/mol. The summed E-state index contributed by atoms with van der Waals surface area (Å²) in [6.07, 6.45) is 2.45. The molecule has 0 aliphatic rings. The van der Waals surface area contributed by atoms with Crippen LogP contribution in [-0.2, 0) is 4.79 Å². The topological polar surface area (TPSA) is 66.4 Å². The number of benzene rings is 1. The molecule has 19 heavy (non-hydrogen) atoms. The molecule has 0 aliphatic heterocycles. The van der Waals surface area contributed by atoms with Gasteiger partial charge in [0.15, 0.2) is 0 Å². The molecule has 0 aromatic heterocycles. The van der Waals surface area contributed by atoms with Gasteiger partial charge in [-0.05, 0) is 37.5 Å². The number of carboxylic acid groups (broad SMARTS) is 1. The van der Waals surface area contributed by atoms with E-state index in [4.69, 9.17) is 5.11 Å². The largest absolute Gasteiger partial charge is 0.481 e. The van der Waals surface area contributed by atoms with Crippen LogP contribution < -0.4 is 5.32 Å². The second-order valence-corrected chi connectivity index (χ2v) is 5.34. The third-order valence-corrected chi connectivity index (χ3v) is 3.29. The van der Waals surface area contributed by atoms with Crippen molar-refractivity contribution in [1.29, 1.82) is 0 Å². The van der Waals surface area contributed by atoms with Crippen LogP contribution in [0.5, 0.6) is 0 Å². The number of unbranched alkanes of at least 4 members (excludes halogenated alkanes) is 2. The fourth-order valence-corrected chi connectivity index (χ4v) is 2.08. The van der Waals surface area contributed by atoms with Gasteiger partial charge in [-0.2, -0.15) is 0 Å². The summed E-state index contributed by atoms with van der Waals surface area (Å²) in [6, 6.07) is 5.60. The maximum absolute atomic E-state index is 11.9. The van der Waals surface area contributed by atoms with Gasteiger partial charge in [0.1, 0.15) is 0 Å². The van der Waals surface area contributed by atoms with Crippen LogP contribution in [0.2, 0.25) is 0 Å². The fourth-order valence-electron chi connectivity index (χ4n) is 1.71. The van der Waals surface area contributed by atoms with E-state index in [0.29, 0.717) is 18.5 Å². The van der Waals surface area contributed by atoms with Crippen LogP contribution in [0.4, 0.5) is 0 Å². The van der Waals surface area contributed by atoms with E-state index in [0.717, 1.165) is 22.9 Å². The second kappa shape index (κ2) is 7.94. The molecule has 0 heterocycles. The van der Waals surface area contributed by atoms with E-state index in [-0.39, 0.29) is 12.3 Å². The van der Waals surface area contributed by atoms with Gasteiger partial charge in [0.25, 0.3) is 5.91 Å². The summed E-state index contributed by atoms with van der Waals surface area (Å²) in [6.45, 7) is 2.47. The number of carbonyl (C=O) groups is 2. The van der Waals surface area contributed by atoms with E-state index >= 15 is 0 Å². The molecular formula is C14H18BrNO3. The zero-order chi connectivity index (χ0) is 14.3. The van der Waals surface area contributed by atoms with Crippen LogP contribution >= 0.6 is 15.9 Å². The van der Waals surface area contributed by atoms with Gasteiger partial charge in [0, 0.05) is 23.0 Å². The summed E-state index contributed by atoms with van der Waals surface area (Å²) in [4.78, 5) is 22.3. The summed E-state index contributed by atoms with van der Waals surface area (Å²) >= 11 is 3.34. The number of rotatable bonds is 7. The highest BCUT2D eigenvalue weighted by molar-refractivity contribution is 9.10. The maximum atomic E-state index is 11.9. The van der Waals surface area contributed by atoms with E-state index in [1.165, 1.54) is 0 Å².